The number of carboxylic acids is 1. The molecule has 1 aromatic heterocycles. The van der Waals surface area contributed by atoms with Gasteiger partial charge in [-0.3, -0.25) is 14.4 Å². The van der Waals surface area contributed by atoms with Gasteiger partial charge in [0, 0.05) is 18.3 Å². The minimum absolute atomic E-state index is 0.0567. The molecule has 1 rings (SSSR count). The Balaban J connectivity index is 3.05. The van der Waals surface area contributed by atoms with Gasteiger partial charge in [-0.05, 0) is 38.6 Å². The second-order valence-corrected chi connectivity index (χ2v) is 8.19. The third-order valence-corrected chi connectivity index (χ3v) is 5.38. The molecule has 3 amide bonds. The lowest BCUT2D eigenvalue weighted by molar-refractivity contribution is -0.143. The molecule has 0 fully saturated rings. The number of carbonyl (C=O) groups excluding carboxylic acids is 3. The van der Waals surface area contributed by atoms with Crippen LogP contribution in [0.3, 0.4) is 0 Å². The van der Waals surface area contributed by atoms with Crippen LogP contribution in [0.1, 0.15) is 52.1 Å². The Kier molecular flexibility index (Phi) is 12.1. The number of aromatic nitrogens is 2. The van der Waals surface area contributed by atoms with E-state index in [0.29, 0.717) is 37.9 Å². The fourth-order valence-electron chi connectivity index (χ4n) is 3.10. The van der Waals surface area contributed by atoms with Crippen LogP contribution in [-0.4, -0.2) is 69.5 Å². The van der Waals surface area contributed by atoms with Crippen molar-refractivity contribution in [3.63, 3.8) is 0 Å². The SMILES string of the molecule is CCC(C)C(NC(=O)C(Cc1cnc[nH]1)NC(=O)C(CCCCN)NC(=O)C(C)N)C(=O)O. The van der Waals surface area contributed by atoms with Crippen molar-refractivity contribution in [2.75, 3.05) is 6.54 Å². The van der Waals surface area contributed by atoms with Crippen molar-refractivity contribution in [1.82, 2.24) is 25.9 Å². The van der Waals surface area contributed by atoms with Gasteiger partial charge in [0.15, 0.2) is 0 Å². The molecule has 5 unspecified atom stereocenters. The molecule has 12 nitrogen and oxygen atoms in total. The molecular weight excluding hydrogens is 430 g/mol. The van der Waals surface area contributed by atoms with E-state index in [1.54, 1.807) is 6.92 Å². The Bertz CT molecular complexity index is 769. The maximum atomic E-state index is 13.0. The molecule has 12 heteroatoms. The normalized spacial score (nSPS) is 15.5. The first kappa shape index (κ1) is 28.0. The molecule has 186 valence electrons. The minimum atomic E-state index is -1.16. The average Bonchev–Trinajstić information content (AvgIpc) is 3.28. The van der Waals surface area contributed by atoms with E-state index in [4.69, 9.17) is 11.5 Å². The van der Waals surface area contributed by atoms with Gasteiger partial charge in [-0.2, -0.15) is 0 Å². The molecule has 0 aliphatic heterocycles. The summed E-state index contributed by atoms with van der Waals surface area (Å²) in [5, 5.41) is 17.3. The first-order valence-corrected chi connectivity index (χ1v) is 11.2. The van der Waals surface area contributed by atoms with Crippen molar-refractivity contribution in [1.29, 1.82) is 0 Å². The second-order valence-electron chi connectivity index (χ2n) is 8.19. The number of carbonyl (C=O) groups is 4. The Morgan fingerprint density at radius 3 is 2.21 bits per heavy atom. The topological polar surface area (TPSA) is 205 Å². The highest BCUT2D eigenvalue weighted by atomic mass is 16.4. The van der Waals surface area contributed by atoms with E-state index in [1.807, 2.05) is 6.92 Å². The quantitative estimate of drug-likeness (QED) is 0.159. The lowest BCUT2D eigenvalue weighted by atomic mass is 9.98. The van der Waals surface area contributed by atoms with Gasteiger partial charge in [-0.25, -0.2) is 9.78 Å². The van der Waals surface area contributed by atoms with Gasteiger partial charge in [-0.15, -0.1) is 0 Å². The van der Waals surface area contributed by atoms with Crippen LogP contribution in [0.4, 0.5) is 0 Å². The number of hydrogen-bond acceptors (Lipinski definition) is 7. The van der Waals surface area contributed by atoms with Crippen molar-refractivity contribution >= 4 is 23.7 Å². The van der Waals surface area contributed by atoms with E-state index in [-0.39, 0.29) is 12.3 Å². The number of unbranched alkanes of at least 4 members (excludes halogenated alkanes) is 1. The van der Waals surface area contributed by atoms with Crippen molar-refractivity contribution < 1.29 is 24.3 Å². The fourth-order valence-corrected chi connectivity index (χ4v) is 3.10. The molecule has 0 aromatic carbocycles. The number of nitrogens with two attached hydrogens (primary N) is 2. The zero-order valence-electron chi connectivity index (χ0n) is 19.5. The fraction of sp³-hybridized carbons (Fsp3) is 0.667. The maximum Gasteiger partial charge on any atom is 0.326 e. The summed E-state index contributed by atoms with van der Waals surface area (Å²) in [6.45, 7) is 5.48. The third kappa shape index (κ3) is 9.58. The number of amides is 3. The van der Waals surface area contributed by atoms with E-state index in [0.717, 1.165) is 0 Å². The number of rotatable bonds is 15. The van der Waals surface area contributed by atoms with Gasteiger partial charge < -0.3 is 37.5 Å². The number of aromatic amines is 1. The number of imidazole rings is 1. The van der Waals surface area contributed by atoms with Crippen molar-refractivity contribution in [2.45, 2.75) is 77.0 Å². The van der Waals surface area contributed by atoms with Crippen LogP contribution in [0.15, 0.2) is 12.5 Å². The predicted octanol–water partition coefficient (Wildman–Crippen LogP) is -0.986. The molecule has 0 radical (unpaired) electrons. The van der Waals surface area contributed by atoms with Gasteiger partial charge in [0.25, 0.3) is 0 Å². The Hall–Kier alpha value is -2.99. The summed E-state index contributed by atoms with van der Waals surface area (Å²) in [6.07, 6.45) is 5.09. The molecular formula is C21H37N7O5. The summed E-state index contributed by atoms with van der Waals surface area (Å²) in [7, 11) is 0. The van der Waals surface area contributed by atoms with Crippen LogP contribution in [0.5, 0.6) is 0 Å². The van der Waals surface area contributed by atoms with Gasteiger partial charge in [-0.1, -0.05) is 20.3 Å². The molecule has 0 aliphatic rings. The van der Waals surface area contributed by atoms with E-state index in [2.05, 4.69) is 25.9 Å². The summed E-state index contributed by atoms with van der Waals surface area (Å²) >= 11 is 0. The van der Waals surface area contributed by atoms with E-state index < -0.39 is 47.9 Å². The van der Waals surface area contributed by atoms with Gasteiger partial charge in [0.1, 0.15) is 18.1 Å². The first-order chi connectivity index (χ1) is 15.6. The Morgan fingerprint density at radius 2 is 1.70 bits per heavy atom. The van der Waals surface area contributed by atoms with Crippen molar-refractivity contribution in [3.05, 3.63) is 18.2 Å². The van der Waals surface area contributed by atoms with Crippen molar-refractivity contribution in [3.8, 4) is 0 Å². The largest absolute Gasteiger partial charge is 0.480 e. The summed E-state index contributed by atoms with van der Waals surface area (Å²) in [4.78, 5) is 56.6. The molecule has 1 aromatic rings. The van der Waals surface area contributed by atoms with Crippen LogP contribution in [0, 0.1) is 5.92 Å². The standard InChI is InChI=1S/C21H37N7O5/c1-4-12(2)17(21(32)33)28-20(31)16(9-14-10-24-11-25-14)27-19(30)15(7-5-6-8-22)26-18(29)13(3)23/h10-13,15-17H,4-9,22-23H2,1-3H3,(H,24,25)(H,26,29)(H,27,30)(H,28,31)(H,32,33). The molecule has 0 saturated heterocycles. The number of aliphatic carboxylic acids is 1. The third-order valence-electron chi connectivity index (χ3n) is 5.38. The van der Waals surface area contributed by atoms with Crippen LogP contribution in [0.2, 0.25) is 0 Å². The Labute approximate surface area is 193 Å². The highest BCUT2D eigenvalue weighted by Crippen LogP contribution is 2.10. The molecule has 0 saturated carbocycles. The Morgan fingerprint density at radius 1 is 1.06 bits per heavy atom. The summed E-state index contributed by atoms with van der Waals surface area (Å²) in [5.41, 5.74) is 11.7. The molecule has 0 spiro atoms. The van der Waals surface area contributed by atoms with Crippen LogP contribution >= 0.6 is 0 Å². The molecule has 1 heterocycles. The number of H-pyrrole nitrogens is 1. The van der Waals surface area contributed by atoms with E-state index in [1.165, 1.54) is 19.4 Å². The molecule has 0 aliphatic carbocycles. The zero-order valence-corrected chi connectivity index (χ0v) is 19.5. The van der Waals surface area contributed by atoms with Crippen molar-refractivity contribution in [2.24, 2.45) is 17.4 Å². The average molecular weight is 468 g/mol. The molecule has 0 bridgehead atoms. The zero-order chi connectivity index (χ0) is 25.0. The first-order valence-electron chi connectivity index (χ1n) is 11.2. The number of nitrogens with one attached hydrogen (secondary N) is 4. The maximum absolute atomic E-state index is 13.0. The smallest absolute Gasteiger partial charge is 0.326 e. The van der Waals surface area contributed by atoms with E-state index >= 15 is 0 Å². The van der Waals surface area contributed by atoms with E-state index in [9.17, 15) is 24.3 Å². The van der Waals surface area contributed by atoms with Crippen LogP contribution < -0.4 is 27.4 Å². The highest BCUT2D eigenvalue weighted by Gasteiger charge is 2.32. The highest BCUT2D eigenvalue weighted by molar-refractivity contribution is 5.94. The summed E-state index contributed by atoms with van der Waals surface area (Å²) in [6, 6.07) is -3.93. The number of nitrogens with zero attached hydrogens (tertiary/aromatic N) is 1. The number of hydrogen-bond donors (Lipinski definition) is 7. The summed E-state index contributed by atoms with van der Waals surface area (Å²) in [5.74, 6) is -3.20. The lowest BCUT2D eigenvalue weighted by Gasteiger charge is -2.26. The van der Waals surface area contributed by atoms with Gasteiger partial charge in [0.05, 0.1) is 12.4 Å². The van der Waals surface area contributed by atoms with Gasteiger partial charge >= 0.3 is 5.97 Å². The monoisotopic (exact) mass is 467 g/mol. The predicted molar refractivity (Wildman–Crippen MR) is 122 cm³/mol. The van der Waals surface area contributed by atoms with Gasteiger partial charge in [0.2, 0.25) is 17.7 Å². The number of carboxylic acid groups (broad SMARTS) is 1. The van der Waals surface area contributed by atoms with Crippen LogP contribution in [0.25, 0.3) is 0 Å². The summed E-state index contributed by atoms with van der Waals surface area (Å²) < 4.78 is 0. The lowest BCUT2D eigenvalue weighted by Crippen LogP contribution is -2.58. The molecule has 33 heavy (non-hydrogen) atoms. The minimum Gasteiger partial charge on any atom is -0.480 e. The molecule has 5 atom stereocenters. The second kappa shape index (κ2) is 14.2. The van der Waals surface area contributed by atoms with Crippen LogP contribution in [-0.2, 0) is 25.6 Å². The molecule has 9 N–H and O–H groups in total.